The lowest BCUT2D eigenvalue weighted by atomic mass is 9.44. The average molecular weight is 815 g/mol. The van der Waals surface area contributed by atoms with Crippen molar-refractivity contribution in [2.75, 3.05) is 21.3 Å². The quantitative estimate of drug-likeness (QED) is 0.175. The molecule has 6 fully saturated rings. The lowest BCUT2D eigenvalue weighted by molar-refractivity contribution is -0.352. The van der Waals surface area contributed by atoms with Gasteiger partial charge in [0.25, 0.3) is 0 Å². The molecule has 0 aromatic rings. The van der Waals surface area contributed by atoms with Crippen molar-refractivity contribution >= 4 is 0 Å². The molecule has 23 atom stereocenters. The van der Waals surface area contributed by atoms with Crippen LogP contribution in [0.2, 0.25) is 0 Å². The number of aliphatic hydroxyl groups is 6. The van der Waals surface area contributed by atoms with E-state index in [1.165, 1.54) is 12.7 Å². The Morgan fingerprint density at radius 1 is 0.737 bits per heavy atom. The molecule has 15 heteroatoms. The van der Waals surface area contributed by atoms with E-state index in [0.29, 0.717) is 38.5 Å². The molecule has 3 heterocycles. The van der Waals surface area contributed by atoms with Gasteiger partial charge in [-0.25, -0.2) is 0 Å². The Balaban J connectivity index is 0.960. The Hall–Kier alpha value is -0.860. The summed E-state index contributed by atoms with van der Waals surface area (Å²) in [6, 6.07) is 0. The minimum Gasteiger partial charge on any atom is -0.393 e. The zero-order chi connectivity index (χ0) is 41.4. The molecule has 0 aromatic heterocycles. The Morgan fingerprint density at radius 2 is 1.35 bits per heavy atom. The molecule has 4 aliphatic carbocycles. The van der Waals surface area contributed by atoms with Crippen molar-refractivity contribution in [1.82, 2.24) is 0 Å². The first-order valence-corrected chi connectivity index (χ1v) is 21.3. The van der Waals surface area contributed by atoms with Gasteiger partial charge in [0.15, 0.2) is 18.9 Å². The molecule has 0 bridgehead atoms. The first-order valence-electron chi connectivity index (χ1n) is 21.3. The molecule has 7 rings (SSSR count). The van der Waals surface area contributed by atoms with Crippen molar-refractivity contribution in [2.24, 2.45) is 28.6 Å². The highest BCUT2D eigenvalue weighted by Crippen LogP contribution is 2.68. The molecule has 0 aromatic carbocycles. The van der Waals surface area contributed by atoms with Crippen molar-refractivity contribution in [3.63, 3.8) is 0 Å². The van der Waals surface area contributed by atoms with E-state index in [1.807, 2.05) is 20.8 Å². The van der Waals surface area contributed by atoms with Crippen molar-refractivity contribution in [3.8, 4) is 0 Å². The van der Waals surface area contributed by atoms with Gasteiger partial charge in [-0.3, -0.25) is 0 Å². The van der Waals surface area contributed by atoms with E-state index in [2.05, 4.69) is 13.0 Å². The van der Waals surface area contributed by atoms with Crippen molar-refractivity contribution in [2.45, 2.75) is 203 Å². The third-order valence-corrected chi connectivity index (χ3v) is 15.8. The smallest absolute Gasteiger partial charge is 0.187 e. The van der Waals surface area contributed by atoms with Gasteiger partial charge in [0, 0.05) is 45.5 Å². The van der Waals surface area contributed by atoms with Gasteiger partial charge in [0.2, 0.25) is 0 Å². The van der Waals surface area contributed by atoms with Crippen LogP contribution in [-0.4, -0.2) is 162 Å². The molecule has 7 aliphatic rings. The second kappa shape index (κ2) is 16.8. The molecule has 15 nitrogen and oxygen atoms in total. The van der Waals surface area contributed by atoms with Crippen LogP contribution in [0.15, 0.2) is 11.6 Å². The van der Waals surface area contributed by atoms with Crippen LogP contribution in [0.3, 0.4) is 0 Å². The van der Waals surface area contributed by atoms with Gasteiger partial charge in [-0.15, -0.1) is 0 Å². The molecular formula is C42H70O15. The van der Waals surface area contributed by atoms with Crippen LogP contribution in [0.4, 0.5) is 0 Å². The Morgan fingerprint density at radius 3 is 1.95 bits per heavy atom. The fraction of sp³-hybridized carbons (Fsp3) is 0.952. The van der Waals surface area contributed by atoms with Crippen LogP contribution in [0, 0.1) is 28.6 Å². The summed E-state index contributed by atoms with van der Waals surface area (Å²) in [5, 5.41) is 67.8. The number of allylic oxidation sites excluding steroid dienone is 1. The number of ether oxygens (including phenoxy) is 9. The van der Waals surface area contributed by atoms with Crippen molar-refractivity contribution < 1.29 is 73.3 Å². The van der Waals surface area contributed by atoms with Crippen LogP contribution in [0.1, 0.15) is 92.9 Å². The predicted molar refractivity (Wildman–Crippen MR) is 202 cm³/mol. The minimum atomic E-state index is -1.22. The van der Waals surface area contributed by atoms with Gasteiger partial charge >= 0.3 is 0 Å². The van der Waals surface area contributed by atoms with E-state index in [-0.39, 0.29) is 30.0 Å². The lowest BCUT2D eigenvalue weighted by Crippen LogP contribution is -2.71. The molecule has 3 aliphatic heterocycles. The van der Waals surface area contributed by atoms with E-state index < -0.39 is 109 Å². The predicted octanol–water partition coefficient (Wildman–Crippen LogP) is 1.94. The maximum Gasteiger partial charge on any atom is 0.187 e. The monoisotopic (exact) mass is 814 g/mol. The largest absolute Gasteiger partial charge is 0.393 e. The molecule has 0 unspecified atom stereocenters. The highest BCUT2D eigenvalue weighted by atomic mass is 16.8. The van der Waals surface area contributed by atoms with Crippen LogP contribution in [0.5, 0.6) is 0 Å². The van der Waals surface area contributed by atoms with E-state index in [4.69, 9.17) is 42.6 Å². The van der Waals surface area contributed by atoms with Gasteiger partial charge in [0.05, 0.1) is 60.5 Å². The van der Waals surface area contributed by atoms with Crippen LogP contribution >= 0.6 is 0 Å². The summed E-state index contributed by atoms with van der Waals surface area (Å²) in [4.78, 5) is 0. The third-order valence-electron chi connectivity index (χ3n) is 15.8. The molecule has 0 radical (unpaired) electrons. The topological polar surface area (TPSA) is 204 Å². The Bertz CT molecular complexity index is 1420. The molecule has 0 amide bonds. The standard InChI is InChI=1S/C42H70O15/c1-19(43)25-13-15-42(48)26-11-10-23-16-24(12-14-40(23,5)31(26)33(45)38(47)41(25,42)6)55-29-17-27(49-7)35(21(3)52-29)56-30-18-28(50-8)36(22(4)53-30)57-39-34(46)37(51-9)32(44)20(2)54-39/h10,19-22,24-39,43-48H,11-18H2,1-9H3/t19-,20-,21+,22+,24+,25+,26-,27+,28+,29-,30-,31-,32-,33+,34-,35+,36+,37+,38-,39+,40-,41+,42+/m0/s1. The Kier molecular flexibility index (Phi) is 13.0. The molecule has 6 N–H and O–H groups in total. The number of hydrogen-bond acceptors (Lipinski definition) is 15. The average Bonchev–Trinajstić information content (AvgIpc) is 3.46. The fourth-order valence-electron chi connectivity index (χ4n) is 12.6. The summed E-state index contributed by atoms with van der Waals surface area (Å²) in [6.45, 7) is 11.2. The zero-order valence-electron chi connectivity index (χ0n) is 35.1. The molecule has 3 saturated heterocycles. The van der Waals surface area contributed by atoms with Gasteiger partial charge < -0.3 is 73.3 Å². The number of methoxy groups -OCH3 is 3. The third kappa shape index (κ3) is 7.39. The maximum absolute atomic E-state index is 12.4. The molecular weight excluding hydrogens is 744 g/mol. The lowest BCUT2D eigenvalue weighted by Gasteiger charge is -2.64. The van der Waals surface area contributed by atoms with E-state index in [1.54, 1.807) is 28.1 Å². The maximum atomic E-state index is 12.4. The minimum absolute atomic E-state index is 0.128. The van der Waals surface area contributed by atoms with E-state index in [9.17, 15) is 30.6 Å². The SMILES string of the molecule is CO[C@H]1[C@H](O)[C@@H](O[C@@H]2[C@@H](C)O[C@@H](O[C@@H]3[C@@H](C)O[C@@H](O[C@@H]4CC[C@@]5(C)C(=CC[C@H]6[C@H]5[C@@H](O)[C@H](O)[C@@]5(C)[C@@H]([C@H](C)O)CC[C@@]65O)C4)C[C@H]3OC)C[C@H]2OC)O[C@@H](C)[C@@H]1O. The van der Waals surface area contributed by atoms with E-state index in [0.717, 1.165) is 12.8 Å². The number of aliphatic hydroxyl groups excluding tert-OH is 5. The summed E-state index contributed by atoms with van der Waals surface area (Å²) >= 11 is 0. The van der Waals surface area contributed by atoms with Crippen molar-refractivity contribution in [1.29, 1.82) is 0 Å². The number of hydrogen-bond donors (Lipinski definition) is 6. The summed E-state index contributed by atoms with van der Waals surface area (Å²) in [5.74, 6) is -0.850. The summed E-state index contributed by atoms with van der Waals surface area (Å²) < 4.78 is 55.1. The van der Waals surface area contributed by atoms with Gasteiger partial charge in [-0.2, -0.15) is 0 Å². The molecule has 328 valence electrons. The number of rotatable bonds is 10. The van der Waals surface area contributed by atoms with Gasteiger partial charge in [-0.05, 0) is 83.5 Å². The van der Waals surface area contributed by atoms with Crippen LogP contribution < -0.4 is 0 Å². The highest BCUT2D eigenvalue weighted by Gasteiger charge is 2.72. The van der Waals surface area contributed by atoms with Gasteiger partial charge in [-0.1, -0.05) is 25.5 Å². The van der Waals surface area contributed by atoms with E-state index >= 15 is 0 Å². The first-order chi connectivity index (χ1) is 26.9. The molecule has 0 spiro atoms. The van der Waals surface area contributed by atoms with Crippen LogP contribution in [-0.2, 0) is 42.6 Å². The van der Waals surface area contributed by atoms with Crippen molar-refractivity contribution in [3.05, 3.63) is 11.6 Å². The zero-order valence-corrected chi connectivity index (χ0v) is 35.1. The summed E-state index contributed by atoms with van der Waals surface area (Å²) in [5.41, 5.74) is -1.43. The first kappa shape index (κ1) is 44.2. The fourth-order valence-corrected chi connectivity index (χ4v) is 12.6. The van der Waals surface area contributed by atoms with Gasteiger partial charge in [0.1, 0.15) is 30.5 Å². The second-order valence-electron chi connectivity index (χ2n) is 18.7. The Labute approximate surface area is 337 Å². The second-order valence-corrected chi connectivity index (χ2v) is 18.7. The number of fused-ring (bicyclic) bond motifs is 5. The molecule has 57 heavy (non-hydrogen) atoms. The van der Waals surface area contributed by atoms with Crippen LogP contribution in [0.25, 0.3) is 0 Å². The summed E-state index contributed by atoms with van der Waals surface area (Å²) in [7, 11) is 4.66. The normalized spacial score (nSPS) is 54.6. The highest BCUT2D eigenvalue weighted by molar-refractivity contribution is 5.31. The molecule has 3 saturated carbocycles. The summed E-state index contributed by atoms with van der Waals surface area (Å²) in [6.07, 6.45) is -4.95.